The van der Waals surface area contributed by atoms with Crippen molar-refractivity contribution in [1.29, 1.82) is 0 Å². The van der Waals surface area contributed by atoms with Crippen molar-refractivity contribution in [2.45, 2.75) is 27.2 Å². The molecule has 0 spiro atoms. The Bertz CT molecular complexity index is 317. The van der Waals surface area contributed by atoms with Crippen LogP contribution < -0.4 is 16.9 Å². The minimum Gasteiger partial charge on any atom is -0.442 e. The van der Waals surface area contributed by atoms with Gasteiger partial charge in [-0.05, 0) is 33.7 Å². The van der Waals surface area contributed by atoms with Crippen LogP contribution in [0.2, 0.25) is 0 Å². The zero-order valence-corrected chi connectivity index (χ0v) is 11.4. The van der Waals surface area contributed by atoms with Crippen LogP contribution in [0.3, 0.4) is 0 Å². The lowest BCUT2D eigenvalue weighted by atomic mass is 9.98. The molecular weight excluding hydrogens is 232 g/mol. The number of nitrogens with zero attached hydrogens (tertiary/aromatic N) is 1. The molecule has 18 heavy (non-hydrogen) atoms. The monoisotopic (exact) mass is 256 g/mol. The predicted octanol–water partition coefficient (Wildman–Crippen LogP) is 0.119. The largest absolute Gasteiger partial charge is 0.442 e. The zero-order valence-electron chi connectivity index (χ0n) is 11.4. The second-order valence-corrected chi connectivity index (χ2v) is 5.64. The van der Waals surface area contributed by atoms with Crippen LogP contribution in [0.4, 0.5) is 0 Å². The fourth-order valence-corrected chi connectivity index (χ4v) is 1.62. The summed E-state index contributed by atoms with van der Waals surface area (Å²) < 4.78 is 5.08. The molecule has 5 N–H and O–H groups in total. The number of hydrogen-bond donors (Lipinski definition) is 3. The van der Waals surface area contributed by atoms with E-state index in [0.29, 0.717) is 11.6 Å². The number of nitrogens with two attached hydrogens (primary N) is 2. The molecule has 6 nitrogen and oxygen atoms in total. The number of carbonyl (C=O) groups excluding carboxylic acids is 1. The van der Waals surface area contributed by atoms with Gasteiger partial charge in [-0.1, -0.05) is 0 Å². The third-order valence-electron chi connectivity index (χ3n) is 2.80. The average Bonchev–Trinajstić information content (AvgIpc) is 2.77. The van der Waals surface area contributed by atoms with E-state index < -0.39 is 5.41 Å². The molecule has 0 saturated carbocycles. The summed E-state index contributed by atoms with van der Waals surface area (Å²) in [4.78, 5) is 11.5. The minimum absolute atomic E-state index is 0.0109. The van der Waals surface area contributed by atoms with Crippen LogP contribution in [0.1, 0.15) is 27.2 Å². The Balaban J connectivity index is 2.39. The van der Waals surface area contributed by atoms with Gasteiger partial charge in [-0.2, -0.15) is 0 Å². The third-order valence-corrected chi connectivity index (χ3v) is 2.80. The normalized spacial score (nSPS) is 20.9. The first-order valence-electron chi connectivity index (χ1n) is 6.17. The molecule has 0 aromatic carbocycles. The first-order valence-corrected chi connectivity index (χ1v) is 6.17. The number of hydrogen-bond acceptors (Lipinski definition) is 6. The molecule has 0 aromatic rings. The van der Waals surface area contributed by atoms with Gasteiger partial charge in [-0.3, -0.25) is 9.80 Å². The second-order valence-electron chi connectivity index (χ2n) is 5.64. The van der Waals surface area contributed by atoms with Crippen molar-refractivity contribution in [3.63, 3.8) is 0 Å². The van der Waals surface area contributed by atoms with Crippen molar-refractivity contribution in [3.8, 4) is 0 Å². The van der Waals surface area contributed by atoms with E-state index in [9.17, 15) is 4.79 Å². The van der Waals surface area contributed by atoms with Crippen molar-refractivity contribution in [2.24, 2.45) is 22.9 Å². The van der Waals surface area contributed by atoms with Crippen LogP contribution in [-0.2, 0) is 9.53 Å². The Labute approximate surface area is 108 Å². The Morgan fingerprint density at radius 1 is 1.56 bits per heavy atom. The maximum Gasteiger partial charge on any atom is 0.312 e. The van der Waals surface area contributed by atoms with E-state index in [-0.39, 0.29) is 12.7 Å². The molecule has 1 aliphatic rings. The summed E-state index contributed by atoms with van der Waals surface area (Å²) in [6.07, 6.45) is 2.64. The van der Waals surface area contributed by atoms with Crippen LogP contribution in [0.15, 0.2) is 11.9 Å². The summed E-state index contributed by atoms with van der Waals surface area (Å²) in [5.74, 6) is 5.74. The molecule has 0 aliphatic carbocycles. The summed E-state index contributed by atoms with van der Waals surface area (Å²) in [7, 11) is 0. The van der Waals surface area contributed by atoms with Gasteiger partial charge in [0.1, 0.15) is 0 Å². The maximum atomic E-state index is 11.5. The van der Waals surface area contributed by atoms with E-state index in [2.05, 4.69) is 5.32 Å². The van der Waals surface area contributed by atoms with Gasteiger partial charge in [0.2, 0.25) is 0 Å². The van der Waals surface area contributed by atoms with E-state index in [4.69, 9.17) is 16.3 Å². The summed E-state index contributed by atoms with van der Waals surface area (Å²) >= 11 is 0. The molecule has 6 heteroatoms. The van der Waals surface area contributed by atoms with Gasteiger partial charge >= 0.3 is 5.97 Å². The highest BCUT2D eigenvalue weighted by Gasteiger charge is 2.23. The van der Waals surface area contributed by atoms with Gasteiger partial charge in [0.15, 0.2) is 6.73 Å². The van der Waals surface area contributed by atoms with Crippen LogP contribution in [0.25, 0.3) is 0 Å². The van der Waals surface area contributed by atoms with Gasteiger partial charge in [-0.15, -0.1) is 0 Å². The molecule has 104 valence electrons. The highest BCUT2D eigenvalue weighted by Crippen LogP contribution is 2.16. The summed E-state index contributed by atoms with van der Waals surface area (Å²) in [5.41, 5.74) is 6.13. The van der Waals surface area contributed by atoms with E-state index in [1.807, 2.05) is 0 Å². The third kappa shape index (κ3) is 4.54. The Kier molecular flexibility index (Phi) is 4.98. The van der Waals surface area contributed by atoms with Crippen molar-refractivity contribution in [2.75, 3.05) is 19.8 Å². The van der Waals surface area contributed by atoms with Gasteiger partial charge in [0, 0.05) is 24.4 Å². The highest BCUT2D eigenvalue weighted by atomic mass is 16.5. The lowest BCUT2D eigenvalue weighted by Gasteiger charge is -2.21. The molecule has 1 aliphatic heterocycles. The standard InChI is InChI=1S/C12H24N4O2/c1-12(2,3)11(17)18-8-16(14)7-10(13)9-4-5-15-6-9/h7,9,15H,4-6,8,13-14H2,1-3H3/b10-7-. The smallest absolute Gasteiger partial charge is 0.312 e. The SMILES string of the molecule is CC(C)(C)C(=O)OCN(N)/C=C(\N)C1CCNC1. The van der Waals surface area contributed by atoms with E-state index in [0.717, 1.165) is 19.5 Å². The summed E-state index contributed by atoms with van der Waals surface area (Å²) in [6.45, 7) is 7.25. The average molecular weight is 256 g/mol. The van der Waals surface area contributed by atoms with Gasteiger partial charge in [-0.25, -0.2) is 5.84 Å². The first-order chi connectivity index (χ1) is 8.30. The predicted molar refractivity (Wildman–Crippen MR) is 69.7 cm³/mol. The van der Waals surface area contributed by atoms with Crippen LogP contribution in [-0.4, -0.2) is 30.8 Å². The van der Waals surface area contributed by atoms with Crippen molar-refractivity contribution < 1.29 is 9.53 Å². The van der Waals surface area contributed by atoms with Crippen molar-refractivity contribution in [3.05, 3.63) is 11.9 Å². The molecular formula is C12H24N4O2. The second kappa shape index (κ2) is 6.06. The number of rotatable bonds is 4. The molecule has 0 amide bonds. The van der Waals surface area contributed by atoms with E-state index in [1.165, 1.54) is 5.01 Å². The van der Waals surface area contributed by atoms with Crippen molar-refractivity contribution >= 4 is 5.97 Å². The number of nitrogens with one attached hydrogen (secondary N) is 1. The molecule has 1 fully saturated rings. The lowest BCUT2D eigenvalue weighted by Crippen LogP contribution is -2.34. The Hall–Kier alpha value is -1.27. The number of hydrazine groups is 1. The molecule has 1 unspecified atom stereocenters. The highest BCUT2D eigenvalue weighted by molar-refractivity contribution is 5.75. The Morgan fingerprint density at radius 2 is 2.22 bits per heavy atom. The van der Waals surface area contributed by atoms with Gasteiger partial charge in [0.05, 0.1) is 5.41 Å². The summed E-state index contributed by atoms with van der Waals surface area (Å²) in [5, 5.41) is 4.53. The van der Waals surface area contributed by atoms with Gasteiger partial charge < -0.3 is 15.8 Å². The Morgan fingerprint density at radius 3 is 2.72 bits per heavy atom. The number of carbonyl (C=O) groups is 1. The molecule has 0 aromatic heterocycles. The maximum absolute atomic E-state index is 11.5. The quantitative estimate of drug-likeness (QED) is 0.286. The molecule has 0 radical (unpaired) electrons. The molecule has 1 saturated heterocycles. The number of esters is 1. The molecule has 0 bridgehead atoms. The van der Waals surface area contributed by atoms with E-state index >= 15 is 0 Å². The topological polar surface area (TPSA) is 93.6 Å². The summed E-state index contributed by atoms with van der Waals surface area (Å²) in [6, 6.07) is 0. The lowest BCUT2D eigenvalue weighted by molar-refractivity contribution is -0.156. The molecule has 1 atom stereocenters. The van der Waals surface area contributed by atoms with Crippen LogP contribution >= 0.6 is 0 Å². The fraction of sp³-hybridized carbons (Fsp3) is 0.750. The molecule has 1 heterocycles. The van der Waals surface area contributed by atoms with Crippen molar-refractivity contribution in [1.82, 2.24) is 10.3 Å². The fourth-order valence-electron chi connectivity index (χ4n) is 1.62. The number of ether oxygens (including phenoxy) is 1. The minimum atomic E-state index is -0.522. The van der Waals surface area contributed by atoms with E-state index in [1.54, 1.807) is 27.0 Å². The zero-order chi connectivity index (χ0) is 13.8. The van der Waals surface area contributed by atoms with Crippen LogP contribution in [0.5, 0.6) is 0 Å². The molecule has 1 rings (SSSR count). The first kappa shape index (κ1) is 14.8. The van der Waals surface area contributed by atoms with Crippen LogP contribution in [0, 0.1) is 11.3 Å². The van der Waals surface area contributed by atoms with Gasteiger partial charge in [0.25, 0.3) is 0 Å².